The van der Waals surface area contributed by atoms with E-state index >= 15 is 0 Å². The lowest BCUT2D eigenvalue weighted by Gasteiger charge is -2.17. The van der Waals surface area contributed by atoms with Gasteiger partial charge in [-0.05, 0) is 38.2 Å². The monoisotopic (exact) mass is 222 g/mol. The first kappa shape index (κ1) is 11.6. The summed E-state index contributed by atoms with van der Waals surface area (Å²) in [6, 6.07) is 0. The highest BCUT2D eigenvalue weighted by atomic mass is 16.3. The van der Waals surface area contributed by atoms with Crippen LogP contribution in [0.25, 0.3) is 0 Å². The van der Waals surface area contributed by atoms with Crippen molar-refractivity contribution in [2.45, 2.75) is 52.1 Å². The Labute approximate surface area is 97.5 Å². The first-order valence-electron chi connectivity index (χ1n) is 6.26. The number of nitrogens with zero attached hydrogens (tertiary/aromatic N) is 2. The molecular formula is C13H22N2O. The van der Waals surface area contributed by atoms with E-state index in [9.17, 15) is 5.11 Å². The molecule has 16 heavy (non-hydrogen) atoms. The Morgan fingerprint density at radius 1 is 1.38 bits per heavy atom. The molecule has 1 aromatic rings. The van der Waals surface area contributed by atoms with Crippen LogP contribution in [0.3, 0.4) is 0 Å². The lowest BCUT2D eigenvalue weighted by atomic mass is 9.94. The fraction of sp³-hybridized carbons (Fsp3) is 0.769. The molecule has 1 saturated carbocycles. The molecule has 2 rings (SSSR count). The van der Waals surface area contributed by atoms with Gasteiger partial charge in [0, 0.05) is 19.2 Å². The summed E-state index contributed by atoms with van der Waals surface area (Å²) in [6.07, 6.45) is 5.55. The standard InChI is InChI=1S/C13H22N2O/c1-9-12(10(2)15(3)14-9)8-13(16)11-6-4-5-7-11/h11,13,16H,4-8H2,1-3H3. The fourth-order valence-electron chi connectivity index (χ4n) is 2.83. The molecule has 0 aliphatic heterocycles. The fourth-order valence-corrected chi connectivity index (χ4v) is 2.83. The molecule has 0 saturated heterocycles. The van der Waals surface area contributed by atoms with Gasteiger partial charge in [0.1, 0.15) is 0 Å². The van der Waals surface area contributed by atoms with Crippen LogP contribution in [-0.2, 0) is 13.5 Å². The van der Waals surface area contributed by atoms with Gasteiger partial charge in [-0.25, -0.2) is 0 Å². The Bertz CT molecular complexity index is 364. The summed E-state index contributed by atoms with van der Waals surface area (Å²) in [5.41, 5.74) is 3.49. The maximum atomic E-state index is 10.2. The molecule has 1 aliphatic carbocycles. The Morgan fingerprint density at radius 3 is 2.50 bits per heavy atom. The van der Waals surface area contributed by atoms with Crippen molar-refractivity contribution in [3.05, 3.63) is 17.0 Å². The zero-order valence-electron chi connectivity index (χ0n) is 10.5. The van der Waals surface area contributed by atoms with Crippen LogP contribution in [0.15, 0.2) is 0 Å². The predicted molar refractivity (Wildman–Crippen MR) is 64.4 cm³/mol. The summed E-state index contributed by atoms with van der Waals surface area (Å²) >= 11 is 0. The minimum absolute atomic E-state index is 0.177. The Kier molecular flexibility index (Phi) is 3.33. The van der Waals surface area contributed by atoms with Crippen LogP contribution in [0.4, 0.5) is 0 Å². The van der Waals surface area contributed by atoms with Gasteiger partial charge in [0.05, 0.1) is 11.8 Å². The van der Waals surface area contributed by atoms with E-state index in [1.54, 1.807) is 0 Å². The second-order valence-electron chi connectivity index (χ2n) is 5.09. The third kappa shape index (κ3) is 2.14. The zero-order valence-corrected chi connectivity index (χ0v) is 10.5. The van der Waals surface area contributed by atoms with Crippen LogP contribution in [0.1, 0.15) is 42.6 Å². The summed E-state index contributed by atoms with van der Waals surface area (Å²) in [4.78, 5) is 0. The molecule has 0 spiro atoms. The van der Waals surface area contributed by atoms with Gasteiger partial charge in [0.25, 0.3) is 0 Å². The van der Waals surface area contributed by atoms with Crippen LogP contribution in [0.5, 0.6) is 0 Å². The number of aliphatic hydroxyl groups excluding tert-OH is 1. The van der Waals surface area contributed by atoms with Crippen molar-refractivity contribution in [1.29, 1.82) is 0 Å². The lowest BCUT2D eigenvalue weighted by molar-refractivity contribution is 0.110. The molecule has 90 valence electrons. The van der Waals surface area contributed by atoms with E-state index in [0.29, 0.717) is 5.92 Å². The molecule has 0 aromatic carbocycles. The van der Waals surface area contributed by atoms with Crippen molar-refractivity contribution < 1.29 is 5.11 Å². The van der Waals surface area contributed by atoms with Crippen LogP contribution in [-0.4, -0.2) is 21.0 Å². The summed E-state index contributed by atoms with van der Waals surface area (Å²) in [5.74, 6) is 0.513. The third-order valence-corrected chi connectivity index (χ3v) is 4.02. The Hall–Kier alpha value is -0.830. The average Bonchev–Trinajstić information content (AvgIpc) is 2.83. The molecular weight excluding hydrogens is 200 g/mol. The second-order valence-corrected chi connectivity index (χ2v) is 5.09. The Morgan fingerprint density at radius 2 is 2.00 bits per heavy atom. The van der Waals surface area contributed by atoms with Crippen molar-refractivity contribution >= 4 is 0 Å². The van der Waals surface area contributed by atoms with Gasteiger partial charge in [-0.1, -0.05) is 12.8 Å². The number of rotatable bonds is 3. The van der Waals surface area contributed by atoms with Gasteiger partial charge >= 0.3 is 0 Å². The quantitative estimate of drug-likeness (QED) is 0.850. The van der Waals surface area contributed by atoms with E-state index < -0.39 is 0 Å². The van der Waals surface area contributed by atoms with E-state index in [1.807, 2.05) is 18.7 Å². The highest BCUT2D eigenvalue weighted by Gasteiger charge is 2.25. The highest BCUT2D eigenvalue weighted by molar-refractivity contribution is 5.25. The zero-order chi connectivity index (χ0) is 11.7. The van der Waals surface area contributed by atoms with Gasteiger partial charge in [-0.2, -0.15) is 5.10 Å². The molecule has 0 bridgehead atoms. The van der Waals surface area contributed by atoms with Crippen LogP contribution >= 0.6 is 0 Å². The van der Waals surface area contributed by atoms with Crippen molar-refractivity contribution in [3.8, 4) is 0 Å². The summed E-state index contributed by atoms with van der Waals surface area (Å²) < 4.78 is 1.91. The van der Waals surface area contributed by atoms with Gasteiger partial charge in [0.15, 0.2) is 0 Å². The summed E-state index contributed by atoms with van der Waals surface area (Å²) in [6.45, 7) is 4.11. The van der Waals surface area contributed by atoms with Crippen molar-refractivity contribution in [2.24, 2.45) is 13.0 Å². The second kappa shape index (κ2) is 4.58. The predicted octanol–water partition coefficient (Wildman–Crippen LogP) is 2.13. The van der Waals surface area contributed by atoms with E-state index in [1.165, 1.54) is 36.9 Å². The number of aryl methyl sites for hydroxylation is 2. The van der Waals surface area contributed by atoms with Crippen molar-refractivity contribution in [1.82, 2.24) is 9.78 Å². The normalized spacial score (nSPS) is 19.2. The largest absolute Gasteiger partial charge is 0.392 e. The van der Waals surface area contributed by atoms with Crippen LogP contribution in [0.2, 0.25) is 0 Å². The molecule has 1 heterocycles. The van der Waals surface area contributed by atoms with Gasteiger partial charge in [0.2, 0.25) is 0 Å². The van der Waals surface area contributed by atoms with Crippen LogP contribution in [0, 0.1) is 19.8 Å². The number of hydrogen-bond donors (Lipinski definition) is 1. The molecule has 1 atom stereocenters. The number of aliphatic hydroxyl groups is 1. The summed E-state index contributed by atoms with van der Waals surface area (Å²) in [7, 11) is 1.97. The van der Waals surface area contributed by atoms with Crippen molar-refractivity contribution in [2.75, 3.05) is 0 Å². The average molecular weight is 222 g/mol. The minimum atomic E-state index is -0.177. The number of hydrogen-bond acceptors (Lipinski definition) is 2. The highest BCUT2D eigenvalue weighted by Crippen LogP contribution is 2.30. The molecule has 3 nitrogen and oxygen atoms in total. The first-order chi connectivity index (χ1) is 7.59. The lowest BCUT2D eigenvalue weighted by Crippen LogP contribution is -2.21. The smallest absolute Gasteiger partial charge is 0.0629 e. The maximum absolute atomic E-state index is 10.2. The molecule has 1 N–H and O–H groups in total. The molecule has 0 radical (unpaired) electrons. The molecule has 3 heteroatoms. The van der Waals surface area contributed by atoms with Gasteiger partial charge in [-0.3, -0.25) is 4.68 Å². The van der Waals surface area contributed by atoms with E-state index in [-0.39, 0.29) is 6.10 Å². The molecule has 0 amide bonds. The molecule has 1 unspecified atom stereocenters. The SMILES string of the molecule is Cc1nn(C)c(C)c1CC(O)C1CCCC1. The molecule has 1 aromatic heterocycles. The van der Waals surface area contributed by atoms with Gasteiger partial charge in [-0.15, -0.1) is 0 Å². The van der Waals surface area contributed by atoms with E-state index in [2.05, 4.69) is 12.0 Å². The van der Waals surface area contributed by atoms with Gasteiger partial charge < -0.3 is 5.11 Å². The number of aromatic nitrogens is 2. The molecule has 1 fully saturated rings. The Balaban J connectivity index is 2.07. The summed E-state index contributed by atoms with van der Waals surface area (Å²) in [5, 5.41) is 14.6. The molecule has 1 aliphatic rings. The minimum Gasteiger partial charge on any atom is -0.392 e. The van der Waals surface area contributed by atoms with E-state index in [0.717, 1.165) is 12.1 Å². The topological polar surface area (TPSA) is 38.0 Å². The third-order valence-electron chi connectivity index (χ3n) is 4.02. The van der Waals surface area contributed by atoms with Crippen molar-refractivity contribution in [3.63, 3.8) is 0 Å². The van der Waals surface area contributed by atoms with Crippen LogP contribution < -0.4 is 0 Å². The van der Waals surface area contributed by atoms with E-state index in [4.69, 9.17) is 0 Å². The maximum Gasteiger partial charge on any atom is 0.0629 e. The first-order valence-corrected chi connectivity index (χ1v) is 6.26.